The Morgan fingerprint density at radius 3 is 2.68 bits per heavy atom. The molecule has 6 nitrogen and oxygen atoms in total. The molecule has 2 N–H and O–H groups in total. The van der Waals surface area contributed by atoms with Gasteiger partial charge in [-0.3, -0.25) is 9.89 Å². The number of hydrogen-bond donors (Lipinski definition) is 2. The molecule has 0 bridgehead atoms. The number of hydrogen-bond acceptors (Lipinski definition) is 4. The molecule has 1 aromatic heterocycles. The largest absolute Gasteiger partial charge is 0.497 e. The van der Waals surface area contributed by atoms with Gasteiger partial charge in [0, 0.05) is 17.3 Å². The van der Waals surface area contributed by atoms with E-state index >= 15 is 0 Å². The number of amides is 1. The van der Waals surface area contributed by atoms with E-state index in [0.29, 0.717) is 17.2 Å². The number of ether oxygens (including phenoxy) is 2. The standard InChI is InChI=1S/C16H21N3O3/c1-5-11-8-14(19-18-11)16(20)17-10(2)13-7-6-12(21-3)9-15(13)22-4/h6-10H,5H2,1-4H3,(H,17,20)(H,18,19). The first kappa shape index (κ1) is 15.9. The lowest BCUT2D eigenvalue weighted by Gasteiger charge is -2.17. The quantitative estimate of drug-likeness (QED) is 0.859. The predicted molar refractivity (Wildman–Crippen MR) is 83.4 cm³/mol. The summed E-state index contributed by atoms with van der Waals surface area (Å²) < 4.78 is 10.5. The second-order valence-electron chi connectivity index (χ2n) is 4.94. The van der Waals surface area contributed by atoms with Crippen LogP contribution in [0.2, 0.25) is 0 Å². The summed E-state index contributed by atoms with van der Waals surface area (Å²) in [5, 5.41) is 9.77. The van der Waals surface area contributed by atoms with E-state index < -0.39 is 0 Å². The Balaban J connectivity index is 2.14. The van der Waals surface area contributed by atoms with Crippen LogP contribution in [0, 0.1) is 0 Å². The minimum Gasteiger partial charge on any atom is -0.497 e. The molecule has 0 aliphatic carbocycles. The van der Waals surface area contributed by atoms with Crippen LogP contribution >= 0.6 is 0 Å². The molecule has 0 aliphatic heterocycles. The fourth-order valence-electron chi connectivity index (χ4n) is 2.18. The molecule has 22 heavy (non-hydrogen) atoms. The minimum atomic E-state index is -0.221. The third-order valence-corrected chi connectivity index (χ3v) is 3.50. The maximum absolute atomic E-state index is 12.2. The van der Waals surface area contributed by atoms with Crippen LogP contribution in [0.25, 0.3) is 0 Å². The van der Waals surface area contributed by atoms with Gasteiger partial charge in [0.1, 0.15) is 17.2 Å². The molecule has 118 valence electrons. The van der Waals surface area contributed by atoms with Gasteiger partial charge in [0.25, 0.3) is 5.91 Å². The third-order valence-electron chi connectivity index (χ3n) is 3.50. The Morgan fingerprint density at radius 1 is 1.32 bits per heavy atom. The first-order chi connectivity index (χ1) is 10.6. The second kappa shape index (κ2) is 6.98. The third kappa shape index (κ3) is 3.39. The smallest absolute Gasteiger partial charge is 0.272 e. The molecule has 1 unspecified atom stereocenters. The number of aromatic nitrogens is 2. The van der Waals surface area contributed by atoms with Crippen molar-refractivity contribution in [3.05, 3.63) is 41.2 Å². The lowest BCUT2D eigenvalue weighted by atomic mass is 10.1. The van der Waals surface area contributed by atoms with Crippen LogP contribution in [0.5, 0.6) is 11.5 Å². The average Bonchev–Trinajstić information content (AvgIpc) is 3.03. The second-order valence-corrected chi connectivity index (χ2v) is 4.94. The fourth-order valence-corrected chi connectivity index (χ4v) is 2.18. The van der Waals surface area contributed by atoms with Gasteiger partial charge < -0.3 is 14.8 Å². The van der Waals surface area contributed by atoms with Crippen LogP contribution in [-0.2, 0) is 6.42 Å². The number of nitrogens with zero attached hydrogens (tertiary/aromatic N) is 1. The molecule has 1 atom stereocenters. The number of aromatic amines is 1. The molecular formula is C16H21N3O3. The SMILES string of the molecule is CCc1cc(C(=O)NC(C)c2ccc(OC)cc2OC)n[nH]1. The number of carbonyl (C=O) groups is 1. The average molecular weight is 303 g/mol. The monoisotopic (exact) mass is 303 g/mol. The van der Waals surface area contributed by atoms with Crippen molar-refractivity contribution in [3.63, 3.8) is 0 Å². The van der Waals surface area contributed by atoms with Crippen molar-refractivity contribution >= 4 is 5.91 Å². The van der Waals surface area contributed by atoms with Crippen molar-refractivity contribution in [3.8, 4) is 11.5 Å². The van der Waals surface area contributed by atoms with Crippen molar-refractivity contribution in [2.45, 2.75) is 26.3 Å². The van der Waals surface area contributed by atoms with E-state index in [-0.39, 0.29) is 11.9 Å². The van der Waals surface area contributed by atoms with Gasteiger partial charge in [-0.2, -0.15) is 5.10 Å². The van der Waals surface area contributed by atoms with Gasteiger partial charge >= 0.3 is 0 Å². The maximum Gasteiger partial charge on any atom is 0.272 e. The Hall–Kier alpha value is -2.50. The molecule has 0 fully saturated rings. The predicted octanol–water partition coefficient (Wildman–Crippen LogP) is 2.48. The highest BCUT2D eigenvalue weighted by Gasteiger charge is 2.17. The Labute approximate surface area is 129 Å². The van der Waals surface area contributed by atoms with E-state index in [0.717, 1.165) is 17.7 Å². The van der Waals surface area contributed by atoms with Crippen LogP contribution in [-0.4, -0.2) is 30.3 Å². The van der Waals surface area contributed by atoms with Gasteiger partial charge in [-0.05, 0) is 31.5 Å². The molecule has 2 aromatic rings. The number of carbonyl (C=O) groups excluding carboxylic acids is 1. The molecule has 2 rings (SSSR count). The van der Waals surface area contributed by atoms with Gasteiger partial charge in [0.05, 0.1) is 20.3 Å². The van der Waals surface area contributed by atoms with E-state index in [4.69, 9.17) is 9.47 Å². The molecule has 0 saturated carbocycles. The molecule has 0 spiro atoms. The van der Waals surface area contributed by atoms with Gasteiger partial charge in [-0.1, -0.05) is 6.92 Å². The lowest BCUT2D eigenvalue weighted by molar-refractivity contribution is 0.0934. The van der Waals surface area contributed by atoms with Crippen molar-refractivity contribution in [1.82, 2.24) is 15.5 Å². The summed E-state index contributed by atoms with van der Waals surface area (Å²) in [4.78, 5) is 12.2. The summed E-state index contributed by atoms with van der Waals surface area (Å²) in [6.45, 7) is 3.90. The van der Waals surface area contributed by atoms with Gasteiger partial charge in [0.15, 0.2) is 0 Å². The van der Waals surface area contributed by atoms with Crippen molar-refractivity contribution in [2.75, 3.05) is 14.2 Å². The normalized spacial score (nSPS) is 11.8. The van der Waals surface area contributed by atoms with E-state index in [1.807, 2.05) is 26.0 Å². The first-order valence-electron chi connectivity index (χ1n) is 7.16. The summed E-state index contributed by atoms with van der Waals surface area (Å²) in [5.74, 6) is 1.16. The van der Waals surface area contributed by atoms with Gasteiger partial charge in [-0.15, -0.1) is 0 Å². The molecular weight excluding hydrogens is 282 g/mol. The van der Waals surface area contributed by atoms with E-state index in [1.54, 1.807) is 26.4 Å². The summed E-state index contributed by atoms with van der Waals surface area (Å²) in [6.07, 6.45) is 0.808. The number of methoxy groups -OCH3 is 2. The maximum atomic E-state index is 12.2. The molecule has 0 saturated heterocycles. The van der Waals surface area contributed by atoms with Crippen molar-refractivity contribution in [1.29, 1.82) is 0 Å². The molecule has 1 amide bonds. The van der Waals surface area contributed by atoms with Crippen LogP contribution in [0.15, 0.2) is 24.3 Å². The molecule has 1 aromatic carbocycles. The number of rotatable bonds is 6. The molecule has 0 aliphatic rings. The van der Waals surface area contributed by atoms with E-state index in [9.17, 15) is 4.79 Å². The number of benzene rings is 1. The minimum absolute atomic E-state index is 0.213. The van der Waals surface area contributed by atoms with Crippen LogP contribution in [0.3, 0.4) is 0 Å². The zero-order valence-electron chi connectivity index (χ0n) is 13.3. The van der Waals surface area contributed by atoms with Crippen LogP contribution < -0.4 is 14.8 Å². The zero-order chi connectivity index (χ0) is 16.1. The first-order valence-corrected chi connectivity index (χ1v) is 7.16. The highest BCUT2D eigenvalue weighted by Crippen LogP contribution is 2.29. The summed E-state index contributed by atoms with van der Waals surface area (Å²) in [6, 6.07) is 7.05. The van der Waals surface area contributed by atoms with Crippen molar-refractivity contribution < 1.29 is 14.3 Å². The number of H-pyrrole nitrogens is 1. The van der Waals surface area contributed by atoms with Crippen LogP contribution in [0.4, 0.5) is 0 Å². The summed E-state index contributed by atoms with van der Waals surface area (Å²) in [5.41, 5.74) is 2.19. The molecule has 1 heterocycles. The Bertz CT molecular complexity index is 652. The number of nitrogens with one attached hydrogen (secondary N) is 2. The van der Waals surface area contributed by atoms with Gasteiger partial charge in [0.2, 0.25) is 0 Å². The highest BCUT2D eigenvalue weighted by atomic mass is 16.5. The van der Waals surface area contributed by atoms with E-state index in [1.165, 1.54) is 0 Å². The Morgan fingerprint density at radius 2 is 2.09 bits per heavy atom. The topological polar surface area (TPSA) is 76.2 Å². The Kier molecular flexibility index (Phi) is 5.04. The highest BCUT2D eigenvalue weighted by molar-refractivity contribution is 5.92. The van der Waals surface area contributed by atoms with E-state index in [2.05, 4.69) is 15.5 Å². The van der Waals surface area contributed by atoms with Crippen molar-refractivity contribution in [2.24, 2.45) is 0 Å². The zero-order valence-corrected chi connectivity index (χ0v) is 13.3. The molecule has 6 heteroatoms. The summed E-state index contributed by atoms with van der Waals surface area (Å²) >= 11 is 0. The van der Waals surface area contributed by atoms with Gasteiger partial charge in [-0.25, -0.2) is 0 Å². The number of aryl methyl sites for hydroxylation is 1. The van der Waals surface area contributed by atoms with Crippen LogP contribution in [0.1, 0.15) is 41.6 Å². The molecule has 0 radical (unpaired) electrons. The fraction of sp³-hybridized carbons (Fsp3) is 0.375. The summed E-state index contributed by atoms with van der Waals surface area (Å²) in [7, 11) is 3.19. The lowest BCUT2D eigenvalue weighted by Crippen LogP contribution is -2.27.